The smallest absolute Gasteiger partial charge is 0.411 e. The van der Waals surface area contributed by atoms with Crippen molar-refractivity contribution in [1.82, 2.24) is 10.2 Å². The van der Waals surface area contributed by atoms with Crippen molar-refractivity contribution in [3.05, 3.63) is 5.89 Å². The van der Waals surface area contributed by atoms with Crippen LogP contribution in [0.5, 0.6) is 0 Å². The number of rotatable bonds is 5. The fourth-order valence-electron chi connectivity index (χ4n) is 0.628. The van der Waals surface area contributed by atoms with E-state index in [1.165, 1.54) is 0 Å². The summed E-state index contributed by atoms with van der Waals surface area (Å²) in [6, 6.07) is 0. The summed E-state index contributed by atoms with van der Waals surface area (Å²) in [6.45, 7) is -1.20. The monoisotopic (exact) mass is 243 g/mol. The normalized spacial score (nSPS) is 12.0. The molecule has 0 fully saturated rings. The van der Waals surface area contributed by atoms with Crippen molar-refractivity contribution in [2.45, 2.75) is 17.9 Å². The van der Waals surface area contributed by atoms with Crippen molar-refractivity contribution in [3.8, 4) is 0 Å². The van der Waals surface area contributed by atoms with Gasteiger partial charge in [0.25, 0.3) is 5.22 Å². The first-order valence-electron chi connectivity index (χ1n) is 3.81. The highest BCUT2D eigenvalue weighted by molar-refractivity contribution is 7.98. The Kier molecular flexibility index (Phi) is 4.36. The third kappa shape index (κ3) is 5.00. The van der Waals surface area contributed by atoms with Crippen LogP contribution in [-0.4, -0.2) is 28.9 Å². The number of thioether (sulfide) groups is 1. The fourth-order valence-corrected chi connectivity index (χ4v) is 1.15. The number of hydrogen-bond acceptors (Lipinski definition) is 6. The van der Waals surface area contributed by atoms with Crippen LogP contribution in [0, 0.1) is 0 Å². The lowest BCUT2D eigenvalue weighted by Gasteiger charge is -2.05. The summed E-state index contributed by atoms with van der Waals surface area (Å²) in [4.78, 5) is 0. The van der Waals surface area contributed by atoms with E-state index in [1.807, 2.05) is 0 Å². The molecule has 9 heteroatoms. The van der Waals surface area contributed by atoms with E-state index >= 15 is 0 Å². The molecule has 0 aromatic carbocycles. The molecule has 15 heavy (non-hydrogen) atoms. The van der Waals surface area contributed by atoms with E-state index in [1.54, 1.807) is 0 Å². The van der Waals surface area contributed by atoms with E-state index in [-0.39, 0.29) is 23.6 Å². The first kappa shape index (κ1) is 12.3. The van der Waals surface area contributed by atoms with Gasteiger partial charge < -0.3 is 14.9 Å². The van der Waals surface area contributed by atoms with Crippen LogP contribution in [0.1, 0.15) is 5.89 Å². The van der Waals surface area contributed by atoms with Crippen molar-refractivity contribution in [3.63, 3.8) is 0 Å². The molecule has 1 aromatic heterocycles. The minimum absolute atomic E-state index is 0.0942. The molecule has 1 aromatic rings. The van der Waals surface area contributed by atoms with Gasteiger partial charge in [0.15, 0.2) is 0 Å². The molecule has 86 valence electrons. The average molecular weight is 243 g/mol. The Bertz CT molecular complexity index is 304. The van der Waals surface area contributed by atoms with Gasteiger partial charge in [0, 0.05) is 0 Å². The van der Waals surface area contributed by atoms with E-state index < -0.39 is 12.8 Å². The molecule has 2 N–H and O–H groups in total. The van der Waals surface area contributed by atoms with Gasteiger partial charge >= 0.3 is 6.18 Å². The van der Waals surface area contributed by atoms with E-state index in [0.29, 0.717) is 0 Å². The minimum atomic E-state index is -4.32. The zero-order chi connectivity index (χ0) is 11.3. The molecule has 0 saturated carbocycles. The second-order valence-corrected chi connectivity index (χ2v) is 3.27. The molecule has 0 amide bonds. The maximum atomic E-state index is 11.6. The van der Waals surface area contributed by atoms with Crippen molar-refractivity contribution >= 4 is 11.8 Å². The van der Waals surface area contributed by atoms with E-state index in [2.05, 4.69) is 14.9 Å². The highest BCUT2D eigenvalue weighted by Gasteiger charge is 2.27. The van der Waals surface area contributed by atoms with Crippen LogP contribution in [0.15, 0.2) is 9.64 Å². The number of nitrogens with zero attached hydrogens (tertiary/aromatic N) is 2. The summed E-state index contributed by atoms with van der Waals surface area (Å²) >= 11 is 0.879. The number of alkyl halides is 3. The predicted octanol–water partition coefficient (Wildman–Crippen LogP) is 1.16. The Labute approximate surface area is 87.2 Å². The summed E-state index contributed by atoms with van der Waals surface area (Å²) in [5.41, 5.74) is 5.19. The summed E-state index contributed by atoms with van der Waals surface area (Å²) in [6.07, 6.45) is -4.32. The Morgan fingerprint density at radius 2 is 2.13 bits per heavy atom. The van der Waals surface area contributed by atoms with Gasteiger partial charge in [0.2, 0.25) is 5.89 Å². The van der Waals surface area contributed by atoms with Gasteiger partial charge in [-0.15, -0.1) is 10.2 Å². The molecule has 0 saturated heterocycles. The van der Waals surface area contributed by atoms with Gasteiger partial charge in [0.05, 0.1) is 6.54 Å². The molecule has 0 unspecified atom stereocenters. The zero-order valence-electron chi connectivity index (χ0n) is 7.45. The minimum Gasteiger partial charge on any atom is -0.414 e. The van der Waals surface area contributed by atoms with E-state index in [4.69, 9.17) is 10.2 Å². The fraction of sp³-hybridized carbons (Fsp3) is 0.667. The van der Waals surface area contributed by atoms with Gasteiger partial charge in [-0.05, 0) is 11.8 Å². The van der Waals surface area contributed by atoms with Gasteiger partial charge in [-0.3, -0.25) is 0 Å². The van der Waals surface area contributed by atoms with Gasteiger partial charge in [-0.1, -0.05) is 0 Å². The lowest BCUT2D eigenvalue weighted by molar-refractivity contribution is -0.168. The molecule has 0 radical (unpaired) electrons. The van der Waals surface area contributed by atoms with Crippen LogP contribution in [0.25, 0.3) is 0 Å². The van der Waals surface area contributed by atoms with Crippen LogP contribution in [0.4, 0.5) is 13.2 Å². The van der Waals surface area contributed by atoms with Crippen LogP contribution in [0.2, 0.25) is 0 Å². The van der Waals surface area contributed by atoms with E-state index in [0.717, 1.165) is 11.8 Å². The van der Waals surface area contributed by atoms with Crippen LogP contribution < -0.4 is 5.73 Å². The molecule has 0 aliphatic rings. The molecule has 0 aliphatic heterocycles. The quantitative estimate of drug-likeness (QED) is 0.475. The number of aromatic nitrogens is 2. The second kappa shape index (κ2) is 5.33. The molecule has 1 rings (SSSR count). The molecular formula is C6H8F3N3O2S. The lowest BCUT2D eigenvalue weighted by atomic mass is 10.7. The molecule has 0 spiro atoms. The lowest BCUT2D eigenvalue weighted by Crippen LogP contribution is -2.16. The third-order valence-corrected chi connectivity index (χ3v) is 1.85. The second-order valence-electron chi connectivity index (χ2n) is 2.39. The standard InChI is InChI=1S/C6H8F3N3O2S/c7-6(8,9)2-13-3-15-5-12-11-4(1-10)14-5/h1-3,10H2. The Morgan fingerprint density at radius 1 is 1.40 bits per heavy atom. The summed E-state index contributed by atoms with van der Waals surface area (Å²) in [5, 5.41) is 7.18. The zero-order valence-corrected chi connectivity index (χ0v) is 8.27. The average Bonchev–Trinajstić information content (AvgIpc) is 2.59. The first-order chi connectivity index (χ1) is 7.01. The van der Waals surface area contributed by atoms with E-state index in [9.17, 15) is 13.2 Å². The number of nitrogens with two attached hydrogens (primary N) is 1. The topological polar surface area (TPSA) is 74.2 Å². The van der Waals surface area contributed by atoms with Crippen molar-refractivity contribution in [2.24, 2.45) is 5.73 Å². The summed E-state index contributed by atoms with van der Waals surface area (Å²) in [5.74, 6) is 0.0273. The van der Waals surface area contributed by atoms with Gasteiger partial charge in [0.1, 0.15) is 12.5 Å². The largest absolute Gasteiger partial charge is 0.414 e. The SMILES string of the molecule is NCc1nnc(SCOCC(F)(F)F)o1. The predicted molar refractivity (Wildman–Crippen MR) is 44.9 cm³/mol. The first-order valence-corrected chi connectivity index (χ1v) is 4.79. The molecule has 5 nitrogen and oxygen atoms in total. The van der Waals surface area contributed by atoms with Gasteiger partial charge in [-0.25, -0.2) is 0 Å². The molecule has 0 aliphatic carbocycles. The molecule has 0 atom stereocenters. The summed E-state index contributed by atoms with van der Waals surface area (Å²) in [7, 11) is 0. The maximum absolute atomic E-state index is 11.6. The van der Waals surface area contributed by atoms with Crippen molar-refractivity contribution in [2.75, 3.05) is 12.5 Å². The molecular weight excluding hydrogens is 235 g/mol. The Hall–Kier alpha value is -0.800. The Morgan fingerprint density at radius 3 is 2.67 bits per heavy atom. The molecule has 0 bridgehead atoms. The third-order valence-electron chi connectivity index (χ3n) is 1.15. The highest BCUT2D eigenvalue weighted by atomic mass is 32.2. The number of ether oxygens (including phenoxy) is 1. The van der Waals surface area contributed by atoms with Crippen LogP contribution in [0.3, 0.4) is 0 Å². The Balaban J connectivity index is 2.20. The van der Waals surface area contributed by atoms with Crippen molar-refractivity contribution in [1.29, 1.82) is 0 Å². The number of halogens is 3. The number of hydrogen-bond donors (Lipinski definition) is 1. The summed E-state index contributed by atoms with van der Waals surface area (Å²) < 4.78 is 44.2. The van der Waals surface area contributed by atoms with Crippen LogP contribution >= 0.6 is 11.8 Å². The van der Waals surface area contributed by atoms with Crippen LogP contribution in [-0.2, 0) is 11.3 Å². The van der Waals surface area contributed by atoms with Gasteiger partial charge in [-0.2, -0.15) is 13.2 Å². The highest BCUT2D eigenvalue weighted by Crippen LogP contribution is 2.19. The van der Waals surface area contributed by atoms with Crippen molar-refractivity contribution < 1.29 is 22.3 Å². The molecule has 1 heterocycles. The maximum Gasteiger partial charge on any atom is 0.411 e.